The fraction of sp³-hybridized carbons (Fsp3) is 0.417. The molecule has 160 valence electrons. The molecule has 1 aromatic rings. The highest BCUT2D eigenvalue weighted by Gasteiger charge is 2.31. The van der Waals surface area contributed by atoms with Crippen LogP contribution in [-0.4, -0.2) is 41.4 Å². The van der Waals surface area contributed by atoms with E-state index in [4.69, 9.17) is 11.6 Å². The lowest BCUT2D eigenvalue weighted by Crippen LogP contribution is -2.44. The van der Waals surface area contributed by atoms with E-state index < -0.39 is 0 Å². The average Bonchev–Trinajstić information content (AvgIpc) is 3.12. The molecule has 6 heteroatoms. The first-order valence-corrected chi connectivity index (χ1v) is 10.8. The van der Waals surface area contributed by atoms with Crippen LogP contribution in [0.2, 0.25) is 5.02 Å². The maximum atomic E-state index is 12.9. The molecule has 1 aliphatic carbocycles. The van der Waals surface area contributed by atoms with E-state index in [1.165, 1.54) is 11.1 Å². The number of carbonyl (C=O) groups excluding carboxylic acids is 2. The molecule has 1 N–H and O–H groups in total. The summed E-state index contributed by atoms with van der Waals surface area (Å²) in [7, 11) is 1.80. The van der Waals surface area contributed by atoms with Gasteiger partial charge >= 0.3 is 6.03 Å². The van der Waals surface area contributed by atoms with Gasteiger partial charge < -0.3 is 15.1 Å². The normalized spacial score (nSPS) is 18.9. The second-order valence-corrected chi connectivity index (χ2v) is 8.60. The van der Waals surface area contributed by atoms with Gasteiger partial charge in [0.2, 0.25) is 5.91 Å². The molecule has 0 aromatic heterocycles. The largest absolute Gasteiger partial charge is 0.341 e. The summed E-state index contributed by atoms with van der Waals surface area (Å²) in [5.74, 6) is 0.0404. The molecule has 0 radical (unpaired) electrons. The Kier molecular flexibility index (Phi) is 7.38. The lowest BCUT2D eigenvalue weighted by molar-refractivity contribution is -0.131. The van der Waals surface area contributed by atoms with Crippen LogP contribution in [0, 0.1) is 0 Å². The van der Waals surface area contributed by atoms with E-state index in [1.54, 1.807) is 16.8 Å². The minimum absolute atomic E-state index is 0.0404. The van der Waals surface area contributed by atoms with Crippen molar-refractivity contribution in [2.24, 2.45) is 0 Å². The van der Waals surface area contributed by atoms with Crippen molar-refractivity contribution in [3.8, 4) is 0 Å². The zero-order valence-corrected chi connectivity index (χ0v) is 18.7. The van der Waals surface area contributed by atoms with Crippen molar-refractivity contribution in [1.29, 1.82) is 0 Å². The molecule has 0 spiro atoms. The van der Waals surface area contributed by atoms with Crippen LogP contribution in [0.4, 0.5) is 4.79 Å². The Labute approximate surface area is 184 Å². The highest BCUT2D eigenvalue weighted by atomic mass is 35.5. The first-order valence-electron chi connectivity index (χ1n) is 10.4. The van der Waals surface area contributed by atoms with Crippen LogP contribution >= 0.6 is 11.6 Å². The summed E-state index contributed by atoms with van der Waals surface area (Å²) in [6.45, 7) is 5.38. The van der Waals surface area contributed by atoms with E-state index in [0.29, 0.717) is 24.5 Å². The number of carbonyl (C=O) groups is 2. The van der Waals surface area contributed by atoms with Gasteiger partial charge in [-0.2, -0.15) is 0 Å². The quantitative estimate of drug-likeness (QED) is 0.715. The van der Waals surface area contributed by atoms with Crippen LogP contribution in [0.5, 0.6) is 0 Å². The van der Waals surface area contributed by atoms with Gasteiger partial charge in [0.1, 0.15) is 0 Å². The molecular formula is C24H30ClN3O2. The minimum Gasteiger partial charge on any atom is -0.341 e. The molecule has 1 fully saturated rings. The first-order chi connectivity index (χ1) is 14.3. The van der Waals surface area contributed by atoms with Crippen molar-refractivity contribution in [2.75, 3.05) is 13.6 Å². The number of nitrogens with zero attached hydrogens (tertiary/aromatic N) is 2. The smallest absolute Gasteiger partial charge is 0.322 e. The van der Waals surface area contributed by atoms with Crippen molar-refractivity contribution < 1.29 is 9.59 Å². The van der Waals surface area contributed by atoms with Crippen LogP contribution in [0.15, 0.2) is 59.3 Å². The Morgan fingerprint density at radius 2 is 1.93 bits per heavy atom. The van der Waals surface area contributed by atoms with E-state index in [-0.39, 0.29) is 18.0 Å². The minimum atomic E-state index is -0.126. The van der Waals surface area contributed by atoms with Gasteiger partial charge in [-0.15, -0.1) is 0 Å². The number of benzene rings is 1. The van der Waals surface area contributed by atoms with Gasteiger partial charge in [0, 0.05) is 43.3 Å². The standard InChI is InChI=1S/C24H30ClN3O2/c1-17-6-12-21(13-7-18(17)2)26-24(30)28-14-4-5-22(28)15-23(29)27(3)16-19-8-10-20(25)11-9-19/h6,8-13,22H,4-5,7,14-16H2,1-3H3,(H,26,30). The Morgan fingerprint density at radius 1 is 1.20 bits per heavy atom. The third kappa shape index (κ3) is 5.76. The van der Waals surface area contributed by atoms with Crippen LogP contribution in [0.1, 0.15) is 45.1 Å². The highest BCUT2D eigenvalue weighted by Crippen LogP contribution is 2.22. The number of rotatable bonds is 5. The molecule has 0 saturated carbocycles. The number of hydrogen-bond donors (Lipinski definition) is 1. The Hall–Kier alpha value is -2.53. The van der Waals surface area contributed by atoms with E-state index in [0.717, 1.165) is 30.5 Å². The summed E-state index contributed by atoms with van der Waals surface area (Å²) in [6, 6.07) is 7.31. The second-order valence-electron chi connectivity index (χ2n) is 8.16. The second kappa shape index (κ2) is 9.98. The number of allylic oxidation sites excluding steroid dienone is 5. The van der Waals surface area contributed by atoms with Crippen LogP contribution in [-0.2, 0) is 11.3 Å². The molecule has 1 heterocycles. The SMILES string of the molecule is CC1=C(C)CC=C(NC(=O)N2CCCC2CC(=O)N(C)Cc2ccc(Cl)cc2)C=C1. The van der Waals surface area contributed by atoms with Gasteiger partial charge in [-0.25, -0.2) is 4.79 Å². The maximum absolute atomic E-state index is 12.9. The fourth-order valence-electron chi connectivity index (χ4n) is 3.76. The van der Waals surface area contributed by atoms with Gasteiger partial charge in [-0.05, 0) is 56.9 Å². The zero-order chi connectivity index (χ0) is 21.7. The molecule has 0 bridgehead atoms. The summed E-state index contributed by atoms with van der Waals surface area (Å²) in [5.41, 5.74) is 4.36. The van der Waals surface area contributed by atoms with Crippen molar-refractivity contribution in [3.63, 3.8) is 0 Å². The van der Waals surface area contributed by atoms with Crippen LogP contribution in [0.25, 0.3) is 0 Å². The van der Waals surface area contributed by atoms with Gasteiger partial charge in [-0.1, -0.05) is 47.0 Å². The third-order valence-electron chi connectivity index (χ3n) is 5.87. The predicted octanol–water partition coefficient (Wildman–Crippen LogP) is 5.04. The van der Waals surface area contributed by atoms with Crippen molar-refractivity contribution in [2.45, 2.75) is 52.1 Å². The van der Waals surface area contributed by atoms with E-state index >= 15 is 0 Å². The lowest BCUT2D eigenvalue weighted by atomic mass is 10.1. The number of amides is 3. The van der Waals surface area contributed by atoms with Crippen molar-refractivity contribution in [1.82, 2.24) is 15.1 Å². The topological polar surface area (TPSA) is 52.7 Å². The molecule has 3 rings (SSSR count). The monoisotopic (exact) mass is 427 g/mol. The molecule has 3 amide bonds. The Balaban J connectivity index is 1.55. The van der Waals surface area contributed by atoms with Gasteiger partial charge in [0.05, 0.1) is 0 Å². The van der Waals surface area contributed by atoms with Crippen LogP contribution < -0.4 is 5.32 Å². The molecule has 1 atom stereocenters. The molecule has 1 aliphatic heterocycles. The molecule has 2 aliphatic rings. The molecule has 5 nitrogen and oxygen atoms in total. The molecular weight excluding hydrogens is 398 g/mol. The number of hydrogen-bond acceptors (Lipinski definition) is 2. The number of urea groups is 1. The first kappa shape index (κ1) is 22.2. The molecule has 1 unspecified atom stereocenters. The lowest BCUT2D eigenvalue weighted by Gasteiger charge is -2.27. The number of likely N-dealkylation sites (tertiary alicyclic amines) is 1. The van der Waals surface area contributed by atoms with E-state index in [1.807, 2.05) is 42.5 Å². The summed E-state index contributed by atoms with van der Waals surface area (Å²) >= 11 is 5.93. The van der Waals surface area contributed by atoms with Crippen molar-refractivity contribution >= 4 is 23.5 Å². The Bertz CT molecular complexity index is 886. The summed E-state index contributed by atoms with van der Waals surface area (Å²) in [4.78, 5) is 29.1. The van der Waals surface area contributed by atoms with Gasteiger partial charge in [0.15, 0.2) is 0 Å². The molecule has 30 heavy (non-hydrogen) atoms. The molecule has 1 aromatic carbocycles. The summed E-state index contributed by atoms with van der Waals surface area (Å²) in [6.07, 6.45) is 8.95. The Morgan fingerprint density at radius 3 is 2.67 bits per heavy atom. The summed E-state index contributed by atoms with van der Waals surface area (Å²) in [5, 5.41) is 3.70. The van der Waals surface area contributed by atoms with E-state index in [2.05, 4.69) is 19.2 Å². The summed E-state index contributed by atoms with van der Waals surface area (Å²) < 4.78 is 0. The maximum Gasteiger partial charge on any atom is 0.322 e. The van der Waals surface area contributed by atoms with E-state index in [9.17, 15) is 9.59 Å². The predicted molar refractivity (Wildman–Crippen MR) is 121 cm³/mol. The van der Waals surface area contributed by atoms with Gasteiger partial charge in [-0.3, -0.25) is 4.79 Å². The molecule has 1 saturated heterocycles. The van der Waals surface area contributed by atoms with Crippen molar-refractivity contribution in [3.05, 3.63) is 69.9 Å². The average molecular weight is 428 g/mol. The fourth-order valence-corrected chi connectivity index (χ4v) is 3.89. The third-order valence-corrected chi connectivity index (χ3v) is 6.12. The van der Waals surface area contributed by atoms with Gasteiger partial charge in [0.25, 0.3) is 0 Å². The zero-order valence-electron chi connectivity index (χ0n) is 18.0. The number of halogens is 1. The number of nitrogens with one attached hydrogen (secondary N) is 1. The highest BCUT2D eigenvalue weighted by molar-refractivity contribution is 6.30. The van der Waals surface area contributed by atoms with Crippen LogP contribution in [0.3, 0.4) is 0 Å².